The molecule has 0 bridgehead atoms. The van der Waals surface area contributed by atoms with Crippen LogP contribution in [0.5, 0.6) is 0 Å². The minimum Gasteiger partial charge on any atom is -0.376 e. The molecule has 0 aromatic heterocycles. The van der Waals surface area contributed by atoms with E-state index in [9.17, 15) is 9.59 Å². The van der Waals surface area contributed by atoms with Gasteiger partial charge in [-0.05, 0) is 42.8 Å². The Morgan fingerprint density at radius 1 is 1.13 bits per heavy atom. The van der Waals surface area contributed by atoms with Gasteiger partial charge in [0.2, 0.25) is 5.91 Å². The van der Waals surface area contributed by atoms with Gasteiger partial charge in [-0.15, -0.1) is 0 Å². The molecule has 120 valence electrons. The van der Waals surface area contributed by atoms with Crippen molar-refractivity contribution in [2.45, 2.75) is 6.92 Å². The average Bonchev–Trinajstić information content (AvgIpc) is 2.55. The molecule has 0 saturated carbocycles. The van der Waals surface area contributed by atoms with Crippen molar-refractivity contribution >= 4 is 34.8 Å². The highest BCUT2D eigenvalue weighted by Gasteiger charge is 2.07. The van der Waals surface area contributed by atoms with Gasteiger partial charge < -0.3 is 16.0 Å². The maximum atomic E-state index is 12.0. The standard InChI is InChI=1S/C17H18ClN3O2/c1-11-6-7-13(18)9-15(11)20-10-16(22)21-14-5-3-4-12(8-14)17(23)19-2/h3-9,20H,10H2,1-2H3,(H,19,23)(H,21,22). The number of benzene rings is 2. The Kier molecular flexibility index (Phi) is 5.60. The molecular weight excluding hydrogens is 314 g/mol. The van der Waals surface area contributed by atoms with Gasteiger partial charge in [-0.25, -0.2) is 0 Å². The van der Waals surface area contributed by atoms with Gasteiger partial charge in [-0.1, -0.05) is 23.7 Å². The lowest BCUT2D eigenvalue weighted by molar-refractivity contribution is -0.114. The number of halogens is 1. The van der Waals surface area contributed by atoms with E-state index >= 15 is 0 Å². The number of hydrogen-bond acceptors (Lipinski definition) is 3. The highest BCUT2D eigenvalue weighted by molar-refractivity contribution is 6.30. The van der Waals surface area contributed by atoms with Gasteiger partial charge in [0.1, 0.15) is 0 Å². The first-order chi connectivity index (χ1) is 11.0. The normalized spacial score (nSPS) is 10.0. The zero-order chi connectivity index (χ0) is 16.8. The zero-order valence-corrected chi connectivity index (χ0v) is 13.7. The first-order valence-corrected chi connectivity index (χ1v) is 7.49. The Balaban J connectivity index is 1.97. The van der Waals surface area contributed by atoms with E-state index < -0.39 is 0 Å². The molecule has 23 heavy (non-hydrogen) atoms. The van der Waals surface area contributed by atoms with Crippen LogP contribution in [0.15, 0.2) is 42.5 Å². The van der Waals surface area contributed by atoms with Crippen LogP contribution in [-0.2, 0) is 4.79 Å². The molecule has 0 saturated heterocycles. The fourth-order valence-corrected chi connectivity index (χ4v) is 2.22. The molecule has 0 aliphatic rings. The van der Waals surface area contributed by atoms with E-state index in [1.54, 1.807) is 43.4 Å². The number of carbonyl (C=O) groups is 2. The molecule has 2 aromatic carbocycles. The second-order valence-corrected chi connectivity index (χ2v) is 5.46. The smallest absolute Gasteiger partial charge is 0.251 e. The zero-order valence-electron chi connectivity index (χ0n) is 12.9. The lowest BCUT2D eigenvalue weighted by Gasteiger charge is -2.11. The van der Waals surface area contributed by atoms with E-state index in [-0.39, 0.29) is 18.4 Å². The summed E-state index contributed by atoms with van der Waals surface area (Å²) in [6.07, 6.45) is 0. The van der Waals surface area contributed by atoms with Crippen molar-refractivity contribution in [2.24, 2.45) is 0 Å². The van der Waals surface area contributed by atoms with Crippen LogP contribution in [0.2, 0.25) is 5.02 Å². The lowest BCUT2D eigenvalue weighted by Crippen LogP contribution is -2.22. The number of amides is 2. The van der Waals surface area contributed by atoms with Crippen LogP contribution in [0.1, 0.15) is 15.9 Å². The molecule has 5 nitrogen and oxygen atoms in total. The van der Waals surface area contributed by atoms with E-state index in [1.807, 2.05) is 13.0 Å². The average molecular weight is 332 g/mol. The Bertz CT molecular complexity index is 732. The quantitative estimate of drug-likeness (QED) is 0.788. The molecule has 3 N–H and O–H groups in total. The van der Waals surface area contributed by atoms with Crippen LogP contribution < -0.4 is 16.0 Å². The van der Waals surface area contributed by atoms with Crippen LogP contribution in [0.25, 0.3) is 0 Å². The van der Waals surface area contributed by atoms with Gasteiger partial charge in [0.25, 0.3) is 5.91 Å². The lowest BCUT2D eigenvalue weighted by atomic mass is 10.2. The molecule has 2 amide bonds. The Morgan fingerprint density at radius 2 is 1.91 bits per heavy atom. The number of hydrogen-bond donors (Lipinski definition) is 3. The molecule has 0 spiro atoms. The van der Waals surface area contributed by atoms with Crippen LogP contribution in [-0.4, -0.2) is 25.4 Å². The van der Waals surface area contributed by atoms with Crippen molar-refractivity contribution < 1.29 is 9.59 Å². The van der Waals surface area contributed by atoms with Crippen molar-refractivity contribution in [1.29, 1.82) is 0 Å². The first kappa shape index (κ1) is 16.8. The SMILES string of the molecule is CNC(=O)c1cccc(NC(=O)CNc2cc(Cl)ccc2C)c1. The van der Waals surface area contributed by atoms with Crippen LogP contribution in [0.4, 0.5) is 11.4 Å². The summed E-state index contributed by atoms with van der Waals surface area (Å²) in [5, 5.41) is 8.95. The topological polar surface area (TPSA) is 70.2 Å². The van der Waals surface area contributed by atoms with Crippen LogP contribution >= 0.6 is 11.6 Å². The second kappa shape index (κ2) is 7.65. The third-order valence-electron chi connectivity index (χ3n) is 3.27. The van der Waals surface area contributed by atoms with Gasteiger partial charge in [0, 0.05) is 29.0 Å². The molecule has 6 heteroatoms. The molecule has 2 rings (SSSR count). The molecule has 0 fully saturated rings. The maximum absolute atomic E-state index is 12.0. The van der Waals surface area contributed by atoms with E-state index in [0.717, 1.165) is 11.3 Å². The minimum atomic E-state index is -0.210. The van der Waals surface area contributed by atoms with Gasteiger partial charge in [0.15, 0.2) is 0 Å². The predicted molar refractivity (Wildman–Crippen MR) is 93.1 cm³/mol. The minimum absolute atomic E-state index is 0.103. The summed E-state index contributed by atoms with van der Waals surface area (Å²) in [6.45, 7) is 2.04. The van der Waals surface area contributed by atoms with Crippen LogP contribution in [0.3, 0.4) is 0 Å². The summed E-state index contributed by atoms with van der Waals surface area (Å²) >= 11 is 5.94. The maximum Gasteiger partial charge on any atom is 0.251 e. The molecule has 0 atom stereocenters. The van der Waals surface area contributed by atoms with Crippen molar-refractivity contribution in [3.8, 4) is 0 Å². The summed E-state index contributed by atoms with van der Waals surface area (Å²) in [5.74, 6) is -0.410. The van der Waals surface area contributed by atoms with Gasteiger partial charge in [-0.3, -0.25) is 9.59 Å². The first-order valence-electron chi connectivity index (χ1n) is 7.11. The van der Waals surface area contributed by atoms with Crippen molar-refractivity contribution in [3.05, 3.63) is 58.6 Å². The van der Waals surface area contributed by atoms with Crippen molar-refractivity contribution in [3.63, 3.8) is 0 Å². The number of rotatable bonds is 5. The molecule has 2 aromatic rings. The second-order valence-electron chi connectivity index (χ2n) is 5.02. The van der Waals surface area contributed by atoms with Gasteiger partial charge in [-0.2, -0.15) is 0 Å². The van der Waals surface area contributed by atoms with Crippen LogP contribution in [0, 0.1) is 6.92 Å². The third kappa shape index (κ3) is 4.72. The third-order valence-corrected chi connectivity index (χ3v) is 3.51. The van der Waals surface area contributed by atoms with E-state index in [4.69, 9.17) is 11.6 Å². The largest absolute Gasteiger partial charge is 0.376 e. The highest BCUT2D eigenvalue weighted by Crippen LogP contribution is 2.20. The monoisotopic (exact) mass is 331 g/mol. The summed E-state index contributed by atoms with van der Waals surface area (Å²) in [4.78, 5) is 23.6. The molecule has 0 unspecified atom stereocenters. The number of aryl methyl sites for hydroxylation is 1. The molecule has 0 aliphatic carbocycles. The van der Waals surface area contributed by atoms with E-state index in [0.29, 0.717) is 16.3 Å². The Morgan fingerprint density at radius 3 is 2.65 bits per heavy atom. The van der Waals surface area contributed by atoms with E-state index in [1.165, 1.54) is 0 Å². The molecule has 0 heterocycles. The van der Waals surface area contributed by atoms with Crippen molar-refractivity contribution in [2.75, 3.05) is 24.2 Å². The summed E-state index contributed by atoms with van der Waals surface area (Å²) in [5.41, 5.74) is 2.88. The van der Waals surface area contributed by atoms with Crippen molar-refractivity contribution in [1.82, 2.24) is 5.32 Å². The molecule has 0 aliphatic heterocycles. The fraction of sp³-hybridized carbons (Fsp3) is 0.176. The van der Waals surface area contributed by atoms with Gasteiger partial charge in [0.05, 0.1) is 6.54 Å². The predicted octanol–water partition coefficient (Wildman–Crippen LogP) is 3.06. The van der Waals surface area contributed by atoms with E-state index in [2.05, 4.69) is 16.0 Å². The Labute approximate surface area is 140 Å². The van der Waals surface area contributed by atoms with Gasteiger partial charge >= 0.3 is 0 Å². The number of nitrogens with one attached hydrogen (secondary N) is 3. The fourth-order valence-electron chi connectivity index (χ4n) is 2.05. The summed E-state index contributed by atoms with van der Waals surface area (Å²) < 4.78 is 0. The molecular formula is C17H18ClN3O2. The summed E-state index contributed by atoms with van der Waals surface area (Å²) in [6, 6.07) is 12.2. The summed E-state index contributed by atoms with van der Waals surface area (Å²) in [7, 11) is 1.56. The highest BCUT2D eigenvalue weighted by atomic mass is 35.5. The number of anilines is 2. The Hall–Kier alpha value is -2.53. The molecule has 0 radical (unpaired) electrons. The number of carbonyl (C=O) groups excluding carboxylic acids is 2.